The standard InChI is InChI=1S/C27H29NO5S/c1-27(15-17-7-5-11-33-17)25(26(30)31)24(22-10-6-12-34-22)23-19(28-27)13-16(14-20(23)29)18-8-3-4-9-21(18)32-2/h3-12,16,19,23-25,28H,13-15H2,1-2H3,(H,30,31). The first-order chi connectivity index (χ1) is 16.4. The molecule has 5 rings (SSSR count). The van der Waals surface area contributed by atoms with Crippen molar-refractivity contribution < 1.29 is 23.8 Å². The van der Waals surface area contributed by atoms with E-state index in [2.05, 4.69) is 5.32 Å². The van der Waals surface area contributed by atoms with Crippen molar-refractivity contribution >= 4 is 23.1 Å². The second kappa shape index (κ2) is 9.04. The summed E-state index contributed by atoms with van der Waals surface area (Å²) in [4.78, 5) is 27.4. The van der Waals surface area contributed by atoms with Crippen molar-refractivity contribution in [3.63, 3.8) is 0 Å². The van der Waals surface area contributed by atoms with Crippen LogP contribution in [0.2, 0.25) is 0 Å². The molecule has 6 atom stereocenters. The Bertz CT molecular complexity index is 1160. The average molecular weight is 480 g/mol. The van der Waals surface area contributed by atoms with Crippen molar-refractivity contribution in [2.75, 3.05) is 7.11 Å². The first-order valence-electron chi connectivity index (χ1n) is 11.6. The smallest absolute Gasteiger partial charge is 0.309 e. The predicted molar refractivity (Wildman–Crippen MR) is 129 cm³/mol. The van der Waals surface area contributed by atoms with Gasteiger partial charge in [-0.25, -0.2) is 0 Å². The van der Waals surface area contributed by atoms with Gasteiger partial charge in [0.2, 0.25) is 0 Å². The van der Waals surface area contributed by atoms with Crippen LogP contribution >= 0.6 is 11.3 Å². The highest BCUT2D eigenvalue weighted by Crippen LogP contribution is 2.52. The summed E-state index contributed by atoms with van der Waals surface area (Å²) in [5.74, 6) is -0.813. The number of furan rings is 1. The number of carbonyl (C=O) groups excluding carboxylic acids is 1. The quantitative estimate of drug-likeness (QED) is 0.524. The van der Waals surface area contributed by atoms with E-state index in [0.717, 1.165) is 28.4 Å². The molecule has 1 saturated heterocycles. The van der Waals surface area contributed by atoms with E-state index in [-0.39, 0.29) is 17.7 Å². The maximum absolute atomic E-state index is 13.7. The lowest BCUT2D eigenvalue weighted by Crippen LogP contribution is -2.68. The van der Waals surface area contributed by atoms with E-state index in [4.69, 9.17) is 9.15 Å². The molecule has 2 aromatic heterocycles. The van der Waals surface area contributed by atoms with Gasteiger partial charge >= 0.3 is 5.97 Å². The predicted octanol–water partition coefficient (Wildman–Crippen LogP) is 4.87. The van der Waals surface area contributed by atoms with Gasteiger partial charge in [0.05, 0.1) is 19.3 Å². The minimum atomic E-state index is -0.891. The van der Waals surface area contributed by atoms with Gasteiger partial charge < -0.3 is 19.6 Å². The van der Waals surface area contributed by atoms with Gasteiger partial charge in [0.15, 0.2) is 0 Å². The van der Waals surface area contributed by atoms with Gasteiger partial charge in [-0.1, -0.05) is 24.3 Å². The number of ketones is 1. The van der Waals surface area contributed by atoms with Gasteiger partial charge in [-0.3, -0.25) is 9.59 Å². The number of nitrogens with one attached hydrogen (secondary N) is 1. The second-order valence-electron chi connectivity index (χ2n) is 9.65. The zero-order valence-electron chi connectivity index (χ0n) is 19.3. The molecule has 3 heterocycles. The van der Waals surface area contributed by atoms with Crippen LogP contribution in [0.1, 0.15) is 47.8 Å². The summed E-state index contributed by atoms with van der Waals surface area (Å²) in [6.07, 6.45) is 3.15. The Hall–Kier alpha value is -2.90. The molecule has 1 aromatic carbocycles. The van der Waals surface area contributed by atoms with Gasteiger partial charge in [0, 0.05) is 41.1 Å². The number of carboxylic acid groups (broad SMARTS) is 1. The lowest BCUT2D eigenvalue weighted by molar-refractivity contribution is -0.151. The summed E-state index contributed by atoms with van der Waals surface area (Å²) < 4.78 is 11.2. The number of para-hydroxylation sites is 1. The number of aliphatic carboxylic acids is 1. The molecular weight excluding hydrogens is 450 g/mol. The number of methoxy groups -OCH3 is 1. The number of carboxylic acids is 1. The van der Waals surface area contributed by atoms with Crippen molar-refractivity contribution in [3.05, 3.63) is 76.4 Å². The van der Waals surface area contributed by atoms with Crippen LogP contribution in [0.25, 0.3) is 0 Å². The van der Waals surface area contributed by atoms with Gasteiger partial charge in [0.1, 0.15) is 17.3 Å². The van der Waals surface area contributed by atoms with E-state index in [0.29, 0.717) is 12.8 Å². The van der Waals surface area contributed by atoms with E-state index in [1.54, 1.807) is 13.4 Å². The average Bonchev–Trinajstić information content (AvgIpc) is 3.52. The van der Waals surface area contributed by atoms with E-state index in [9.17, 15) is 14.7 Å². The molecule has 34 heavy (non-hydrogen) atoms. The SMILES string of the molecule is COc1ccccc1C1CC(=O)C2C(C1)NC(C)(Cc1ccco1)C(C(=O)O)C2c1cccs1. The Morgan fingerprint density at radius 1 is 1.21 bits per heavy atom. The van der Waals surface area contributed by atoms with E-state index < -0.39 is 29.3 Å². The zero-order valence-corrected chi connectivity index (χ0v) is 20.1. The molecule has 178 valence electrons. The number of benzene rings is 1. The molecule has 6 nitrogen and oxygen atoms in total. The van der Waals surface area contributed by atoms with E-state index in [1.807, 2.05) is 60.8 Å². The summed E-state index contributed by atoms with van der Waals surface area (Å²) in [5, 5.41) is 16.1. The molecule has 0 bridgehead atoms. The normalized spacial score (nSPS) is 31.1. The van der Waals surface area contributed by atoms with Crippen LogP contribution < -0.4 is 10.1 Å². The molecule has 7 heteroatoms. The van der Waals surface area contributed by atoms with Crippen LogP contribution in [0.4, 0.5) is 0 Å². The van der Waals surface area contributed by atoms with Crippen molar-refractivity contribution in [2.24, 2.45) is 11.8 Å². The number of carbonyl (C=O) groups is 2. The van der Waals surface area contributed by atoms with Crippen LogP contribution in [0.15, 0.2) is 64.6 Å². The van der Waals surface area contributed by atoms with Crippen LogP contribution in [-0.4, -0.2) is 35.5 Å². The molecule has 3 aromatic rings. The number of ether oxygens (including phenoxy) is 1. The third kappa shape index (κ3) is 3.97. The van der Waals surface area contributed by atoms with E-state index >= 15 is 0 Å². The molecule has 1 aliphatic heterocycles. The molecular formula is C27H29NO5S. The molecule has 1 aliphatic carbocycles. The Balaban J connectivity index is 1.57. The number of fused-ring (bicyclic) bond motifs is 1. The zero-order chi connectivity index (χ0) is 23.9. The maximum atomic E-state index is 13.7. The minimum absolute atomic E-state index is 0.00984. The Morgan fingerprint density at radius 3 is 2.71 bits per heavy atom. The number of hydrogen-bond donors (Lipinski definition) is 2. The third-order valence-corrected chi connectivity index (χ3v) is 8.55. The molecule has 0 amide bonds. The fourth-order valence-electron chi connectivity index (χ4n) is 6.28. The summed E-state index contributed by atoms with van der Waals surface area (Å²) in [7, 11) is 1.65. The molecule has 2 fully saturated rings. The van der Waals surface area contributed by atoms with E-state index in [1.165, 1.54) is 11.3 Å². The highest BCUT2D eigenvalue weighted by atomic mass is 32.1. The van der Waals surface area contributed by atoms with Crippen molar-refractivity contribution in [1.82, 2.24) is 5.32 Å². The topological polar surface area (TPSA) is 88.8 Å². The summed E-state index contributed by atoms with van der Waals surface area (Å²) in [6, 6.07) is 15.3. The lowest BCUT2D eigenvalue weighted by atomic mass is 9.58. The Morgan fingerprint density at radius 2 is 2.03 bits per heavy atom. The van der Waals surface area contributed by atoms with Crippen LogP contribution in [0, 0.1) is 11.8 Å². The second-order valence-corrected chi connectivity index (χ2v) is 10.6. The Labute approximate surface area is 202 Å². The van der Waals surface area contributed by atoms with Crippen LogP contribution in [0.5, 0.6) is 5.75 Å². The fraction of sp³-hybridized carbons (Fsp3) is 0.407. The van der Waals surface area contributed by atoms with Crippen molar-refractivity contribution in [3.8, 4) is 5.75 Å². The highest BCUT2D eigenvalue weighted by Gasteiger charge is 2.58. The van der Waals surface area contributed by atoms with Gasteiger partial charge in [-0.15, -0.1) is 11.3 Å². The lowest BCUT2D eigenvalue weighted by Gasteiger charge is -2.54. The van der Waals surface area contributed by atoms with Gasteiger partial charge in [0.25, 0.3) is 0 Å². The molecule has 0 spiro atoms. The third-order valence-electron chi connectivity index (χ3n) is 7.58. The number of hydrogen-bond acceptors (Lipinski definition) is 6. The number of Topliss-reactive ketones (excluding diaryl/α,β-unsaturated/α-hetero) is 1. The largest absolute Gasteiger partial charge is 0.496 e. The summed E-state index contributed by atoms with van der Waals surface area (Å²) in [5.41, 5.74) is 0.238. The molecule has 2 aliphatic rings. The van der Waals surface area contributed by atoms with Gasteiger partial charge in [-0.2, -0.15) is 0 Å². The molecule has 0 radical (unpaired) electrons. The number of rotatable bonds is 6. The minimum Gasteiger partial charge on any atom is -0.496 e. The monoisotopic (exact) mass is 479 g/mol. The first kappa shape index (κ1) is 22.9. The summed E-state index contributed by atoms with van der Waals surface area (Å²) in [6.45, 7) is 1.96. The Kier molecular flexibility index (Phi) is 6.08. The highest BCUT2D eigenvalue weighted by molar-refractivity contribution is 7.10. The number of piperidine rings is 1. The van der Waals surface area contributed by atoms with Crippen molar-refractivity contribution in [1.29, 1.82) is 0 Å². The first-order valence-corrected chi connectivity index (χ1v) is 12.5. The molecule has 2 N–H and O–H groups in total. The number of thiophene rings is 1. The maximum Gasteiger partial charge on any atom is 0.309 e. The van der Waals surface area contributed by atoms with Crippen LogP contribution in [0.3, 0.4) is 0 Å². The summed E-state index contributed by atoms with van der Waals surface area (Å²) >= 11 is 1.53. The fourth-order valence-corrected chi connectivity index (χ4v) is 7.19. The van der Waals surface area contributed by atoms with Crippen LogP contribution in [-0.2, 0) is 16.0 Å². The van der Waals surface area contributed by atoms with Gasteiger partial charge in [-0.05, 0) is 54.5 Å². The molecule has 6 unspecified atom stereocenters. The molecule has 1 saturated carbocycles. The van der Waals surface area contributed by atoms with Crippen molar-refractivity contribution in [2.45, 2.75) is 49.6 Å².